The number of aryl methyl sites for hydroxylation is 2. The van der Waals surface area contributed by atoms with Crippen LogP contribution in [-0.2, 0) is 17.8 Å². The van der Waals surface area contributed by atoms with Crippen molar-refractivity contribution >= 4 is 5.91 Å². The van der Waals surface area contributed by atoms with Gasteiger partial charge in [0.15, 0.2) is 0 Å². The number of hydrogen-bond donors (Lipinski definition) is 1. The fraction of sp³-hybridized carbons (Fsp3) is 0.167. The average Bonchev–Trinajstić information content (AvgIpc) is 3.20. The first-order chi connectivity index (χ1) is 14.6. The molecule has 0 radical (unpaired) electrons. The van der Waals surface area contributed by atoms with Crippen LogP contribution in [-0.4, -0.2) is 21.1 Å². The van der Waals surface area contributed by atoms with E-state index in [1.165, 1.54) is 0 Å². The van der Waals surface area contributed by atoms with Crippen LogP contribution in [0.3, 0.4) is 0 Å². The number of benzene rings is 2. The summed E-state index contributed by atoms with van der Waals surface area (Å²) in [4.78, 5) is 16.2. The summed E-state index contributed by atoms with van der Waals surface area (Å²) in [6.45, 7) is 4.34. The standard InChI is InChI=1S/C24H22N4O2/c1-16-3-6-21(24-28-27-17(2)30-24)14-22(16)20-7-4-18(5-8-20)13-23(29)26-15-19-9-11-25-12-10-19/h3-12,14H,13,15H2,1-2H3,(H,26,29). The molecule has 0 saturated heterocycles. The number of carbonyl (C=O) groups excluding carboxylic acids is 1. The summed E-state index contributed by atoms with van der Waals surface area (Å²) in [6, 6.07) is 17.9. The van der Waals surface area contributed by atoms with Gasteiger partial charge >= 0.3 is 0 Å². The molecule has 0 aliphatic carbocycles. The van der Waals surface area contributed by atoms with Crippen molar-refractivity contribution in [1.29, 1.82) is 0 Å². The van der Waals surface area contributed by atoms with Crippen molar-refractivity contribution in [2.24, 2.45) is 0 Å². The van der Waals surface area contributed by atoms with Crippen LogP contribution in [0.4, 0.5) is 0 Å². The number of nitrogens with zero attached hydrogens (tertiary/aromatic N) is 3. The summed E-state index contributed by atoms with van der Waals surface area (Å²) in [6.07, 6.45) is 3.78. The zero-order valence-corrected chi connectivity index (χ0v) is 16.9. The van der Waals surface area contributed by atoms with Gasteiger partial charge in [-0.15, -0.1) is 10.2 Å². The van der Waals surface area contributed by atoms with Gasteiger partial charge in [-0.1, -0.05) is 30.3 Å². The summed E-state index contributed by atoms with van der Waals surface area (Å²) in [5.41, 5.74) is 6.20. The highest BCUT2D eigenvalue weighted by molar-refractivity contribution is 5.79. The predicted octanol–water partition coefficient (Wildman–Crippen LogP) is 4.27. The molecule has 2 aromatic heterocycles. The summed E-state index contributed by atoms with van der Waals surface area (Å²) < 4.78 is 5.55. The van der Waals surface area contributed by atoms with Crippen LogP contribution in [0.15, 0.2) is 71.4 Å². The van der Waals surface area contributed by atoms with Crippen molar-refractivity contribution in [2.75, 3.05) is 0 Å². The van der Waals surface area contributed by atoms with E-state index in [0.717, 1.165) is 33.4 Å². The molecule has 2 heterocycles. The fourth-order valence-corrected chi connectivity index (χ4v) is 3.23. The third kappa shape index (κ3) is 4.60. The van der Waals surface area contributed by atoms with Crippen LogP contribution in [0.25, 0.3) is 22.6 Å². The number of aromatic nitrogens is 3. The van der Waals surface area contributed by atoms with Crippen molar-refractivity contribution in [3.63, 3.8) is 0 Å². The lowest BCUT2D eigenvalue weighted by atomic mass is 9.96. The molecule has 0 atom stereocenters. The summed E-state index contributed by atoms with van der Waals surface area (Å²) in [7, 11) is 0. The summed E-state index contributed by atoms with van der Waals surface area (Å²) >= 11 is 0. The molecule has 2 aromatic carbocycles. The first-order valence-corrected chi connectivity index (χ1v) is 9.74. The van der Waals surface area contributed by atoms with Gasteiger partial charge in [-0.3, -0.25) is 9.78 Å². The smallest absolute Gasteiger partial charge is 0.247 e. The van der Waals surface area contributed by atoms with E-state index in [4.69, 9.17) is 4.42 Å². The van der Waals surface area contributed by atoms with E-state index in [1.807, 2.05) is 48.5 Å². The Morgan fingerprint density at radius 1 is 0.900 bits per heavy atom. The Balaban J connectivity index is 1.45. The molecule has 4 aromatic rings. The summed E-state index contributed by atoms with van der Waals surface area (Å²) in [5.74, 6) is 1.04. The molecule has 0 saturated carbocycles. The van der Waals surface area contributed by atoms with E-state index in [2.05, 4.69) is 33.5 Å². The lowest BCUT2D eigenvalue weighted by Gasteiger charge is -2.09. The molecule has 4 rings (SSSR count). The van der Waals surface area contributed by atoms with Crippen LogP contribution in [0.1, 0.15) is 22.6 Å². The first-order valence-electron chi connectivity index (χ1n) is 9.74. The molecule has 30 heavy (non-hydrogen) atoms. The second-order valence-electron chi connectivity index (χ2n) is 7.16. The Kier molecular flexibility index (Phi) is 5.66. The Hall–Kier alpha value is -3.80. The van der Waals surface area contributed by atoms with Gasteiger partial charge in [-0.25, -0.2) is 0 Å². The quantitative estimate of drug-likeness (QED) is 0.524. The molecule has 0 fully saturated rings. The minimum atomic E-state index is -0.00972. The molecule has 0 spiro atoms. The minimum Gasteiger partial charge on any atom is -0.421 e. The van der Waals surface area contributed by atoms with E-state index in [-0.39, 0.29) is 5.91 Å². The molecular weight excluding hydrogens is 376 g/mol. The van der Waals surface area contributed by atoms with Gasteiger partial charge in [0.1, 0.15) is 0 Å². The van der Waals surface area contributed by atoms with Crippen molar-refractivity contribution in [1.82, 2.24) is 20.5 Å². The average molecular weight is 398 g/mol. The molecule has 1 N–H and O–H groups in total. The molecule has 0 aliphatic rings. The number of pyridine rings is 1. The topological polar surface area (TPSA) is 80.9 Å². The van der Waals surface area contributed by atoms with Gasteiger partial charge in [0.25, 0.3) is 0 Å². The van der Waals surface area contributed by atoms with Crippen LogP contribution in [0, 0.1) is 13.8 Å². The van der Waals surface area contributed by atoms with Gasteiger partial charge in [0.2, 0.25) is 17.7 Å². The largest absolute Gasteiger partial charge is 0.421 e. The SMILES string of the molecule is Cc1nnc(-c2ccc(C)c(-c3ccc(CC(=O)NCc4ccncc4)cc3)c2)o1. The lowest BCUT2D eigenvalue weighted by molar-refractivity contribution is -0.120. The van der Waals surface area contributed by atoms with Crippen molar-refractivity contribution in [2.45, 2.75) is 26.8 Å². The number of rotatable bonds is 6. The number of amides is 1. The number of hydrogen-bond acceptors (Lipinski definition) is 5. The molecule has 0 unspecified atom stereocenters. The second-order valence-corrected chi connectivity index (χ2v) is 7.16. The Morgan fingerprint density at radius 2 is 1.63 bits per heavy atom. The van der Waals surface area contributed by atoms with Crippen LogP contribution >= 0.6 is 0 Å². The highest BCUT2D eigenvalue weighted by Crippen LogP contribution is 2.29. The fourth-order valence-electron chi connectivity index (χ4n) is 3.23. The lowest BCUT2D eigenvalue weighted by Crippen LogP contribution is -2.24. The van der Waals surface area contributed by atoms with Crippen LogP contribution in [0.5, 0.6) is 0 Å². The maximum Gasteiger partial charge on any atom is 0.247 e. The highest BCUT2D eigenvalue weighted by atomic mass is 16.4. The molecule has 150 valence electrons. The first kappa shape index (κ1) is 19.5. The Morgan fingerprint density at radius 3 is 2.33 bits per heavy atom. The number of nitrogens with one attached hydrogen (secondary N) is 1. The second kappa shape index (κ2) is 8.69. The predicted molar refractivity (Wildman–Crippen MR) is 114 cm³/mol. The minimum absolute atomic E-state index is 0.00972. The maximum absolute atomic E-state index is 12.2. The molecule has 6 heteroatoms. The van der Waals surface area contributed by atoms with Gasteiger partial charge in [-0.05, 0) is 59.0 Å². The molecule has 6 nitrogen and oxygen atoms in total. The molecular formula is C24H22N4O2. The van der Waals surface area contributed by atoms with E-state index in [1.54, 1.807) is 19.3 Å². The van der Waals surface area contributed by atoms with Gasteiger partial charge in [-0.2, -0.15) is 0 Å². The van der Waals surface area contributed by atoms with Gasteiger partial charge in [0, 0.05) is 31.4 Å². The summed E-state index contributed by atoms with van der Waals surface area (Å²) in [5, 5.41) is 10.9. The zero-order valence-electron chi connectivity index (χ0n) is 16.9. The number of carbonyl (C=O) groups is 1. The normalized spacial score (nSPS) is 10.7. The third-order valence-electron chi connectivity index (χ3n) is 4.88. The highest BCUT2D eigenvalue weighted by Gasteiger charge is 2.10. The van der Waals surface area contributed by atoms with Crippen molar-refractivity contribution in [3.8, 4) is 22.6 Å². The van der Waals surface area contributed by atoms with Crippen molar-refractivity contribution < 1.29 is 9.21 Å². The monoisotopic (exact) mass is 398 g/mol. The molecule has 0 aliphatic heterocycles. The van der Waals surface area contributed by atoms with Crippen molar-refractivity contribution in [3.05, 3.63) is 89.6 Å². The Bertz CT molecular complexity index is 1150. The van der Waals surface area contributed by atoms with E-state index in [0.29, 0.717) is 24.7 Å². The van der Waals surface area contributed by atoms with E-state index < -0.39 is 0 Å². The third-order valence-corrected chi connectivity index (χ3v) is 4.88. The van der Waals surface area contributed by atoms with Crippen LogP contribution in [0.2, 0.25) is 0 Å². The zero-order chi connectivity index (χ0) is 20.9. The Labute approximate surface area is 175 Å². The molecule has 1 amide bonds. The van der Waals surface area contributed by atoms with Gasteiger partial charge < -0.3 is 9.73 Å². The van der Waals surface area contributed by atoms with E-state index >= 15 is 0 Å². The van der Waals surface area contributed by atoms with Gasteiger partial charge in [0.05, 0.1) is 6.42 Å². The molecule has 0 bridgehead atoms. The van der Waals surface area contributed by atoms with E-state index in [9.17, 15) is 4.79 Å². The van der Waals surface area contributed by atoms with Crippen LogP contribution < -0.4 is 5.32 Å². The maximum atomic E-state index is 12.2.